The van der Waals surface area contributed by atoms with E-state index in [-0.39, 0.29) is 0 Å². The second-order valence-corrected chi connectivity index (χ2v) is 5.54. The number of hydrogen-bond acceptors (Lipinski definition) is 6. The van der Waals surface area contributed by atoms with Gasteiger partial charge in [0.15, 0.2) is 5.82 Å². The number of hydrogen-bond donors (Lipinski definition) is 1. The Hall–Kier alpha value is -1.53. The van der Waals surface area contributed by atoms with Crippen molar-refractivity contribution in [2.45, 2.75) is 16.3 Å². The fourth-order valence-electron chi connectivity index (χ4n) is 1.76. The van der Waals surface area contributed by atoms with E-state index in [4.69, 9.17) is 17.3 Å². The molecule has 0 unspecified atom stereocenters. The first-order valence-electron chi connectivity index (χ1n) is 5.89. The van der Waals surface area contributed by atoms with Gasteiger partial charge in [0.05, 0.1) is 5.02 Å². The minimum absolute atomic E-state index is 0.408. The van der Waals surface area contributed by atoms with Crippen LogP contribution in [0.4, 0.5) is 11.6 Å². The van der Waals surface area contributed by atoms with Crippen molar-refractivity contribution < 1.29 is 0 Å². The normalized spacial score (nSPS) is 14.3. The second-order valence-electron chi connectivity index (χ2n) is 4.14. The lowest BCUT2D eigenvalue weighted by Crippen LogP contribution is -2.37. The Labute approximate surface area is 120 Å². The molecule has 0 aliphatic carbocycles. The highest BCUT2D eigenvalue weighted by atomic mass is 35.5. The minimum Gasteiger partial charge on any atom is -0.381 e. The molecule has 0 atom stereocenters. The maximum Gasteiger partial charge on any atom is 0.156 e. The molecule has 1 fully saturated rings. The van der Waals surface area contributed by atoms with Gasteiger partial charge in [0.2, 0.25) is 0 Å². The topological polar surface area (TPSA) is 67.9 Å². The fraction of sp³-hybridized carbons (Fsp3) is 0.250. The van der Waals surface area contributed by atoms with Gasteiger partial charge in [-0.15, -0.1) is 0 Å². The summed E-state index contributed by atoms with van der Waals surface area (Å²) < 4.78 is 0. The SMILES string of the molecule is Nc1nccnc1Sc1ccnc(N2CCC2)c1Cl. The van der Waals surface area contributed by atoms with Crippen molar-refractivity contribution >= 4 is 35.0 Å². The van der Waals surface area contributed by atoms with Crippen LogP contribution in [0.2, 0.25) is 5.02 Å². The summed E-state index contributed by atoms with van der Waals surface area (Å²) >= 11 is 7.81. The molecule has 19 heavy (non-hydrogen) atoms. The van der Waals surface area contributed by atoms with Crippen molar-refractivity contribution in [3.63, 3.8) is 0 Å². The van der Waals surface area contributed by atoms with E-state index < -0.39 is 0 Å². The van der Waals surface area contributed by atoms with Crippen molar-refractivity contribution in [3.8, 4) is 0 Å². The van der Waals surface area contributed by atoms with Gasteiger partial charge in [-0.2, -0.15) is 0 Å². The molecular weight excluding hydrogens is 282 g/mol. The van der Waals surface area contributed by atoms with Crippen LogP contribution >= 0.6 is 23.4 Å². The Balaban J connectivity index is 1.91. The van der Waals surface area contributed by atoms with Crippen molar-refractivity contribution in [2.75, 3.05) is 23.7 Å². The van der Waals surface area contributed by atoms with Crippen molar-refractivity contribution in [2.24, 2.45) is 0 Å². The Morgan fingerprint density at radius 3 is 2.63 bits per heavy atom. The van der Waals surface area contributed by atoms with Crippen LogP contribution < -0.4 is 10.6 Å². The molecule has 98 valence electrons. The number of nitrogens with zero attached hydrogens (tertiary/aromatic N) is 4. The molecule has 2 aromatic rings. The van der Waals surface area contributed by atoms with Crippen LogP contribution in [0.25, 0.3) is 0 Å². The van der Waals surface area contributed by atoms with E-state index in [1.54, 1.807) is 18.6 Å². The molecule has 0 aromatic carbocycles. The van der Waals surface area contributed by atoms with Crippen LogP contribution in [0.15, 0.2) is 34.6 Å². The van der Waals surface area contributed by atoms with Gasteiger partial charge in [0.1, 0.15) is 10.8 Å². The number of nitrogens with two attached hydrogens (primary N) is 1. The van der Waals surface area contributed by atoms with Gasteiger partial charge >= 0.3 is 0 Å². The number of pyridine rings is 1. The summed E-state index contributed by atoms with van der Waals surface area (Å²) in [6, 6.07) is 1.87. The fourth-order valence-corrected chi connectivity index (χ4v) is 2.90. The van der Waals surface area contributed by atoms with Crippen molar-refractivity contribution in [1.82, 2.24) is 15.0 Å². The molecule has 3 heterocycles. The van der Waals surface area contributed by atoms with Gasteiger partial charge in [-0.05, 0) is 12.5 Å². The van der Waals surface area contributed by atoms with E-state index >= 15 is 0 Å². The third kappa shape index (κ3) is 2.46. The minimum atomic E-state index is 0.408. The highest BCUT2D eigenvalue weighted by molar-refractivity contribution is 7.99. The quantitative estimate of drug-likeness (QED) is 0.937. The Bertz CT molecular complexity index is 602. The van der Waals surface area contributed by atoms with Gasteiger partial charge in [0, 0.05) is 36.6 Å². The largest absolute Gasteiger partial charge is 0.381 e. The summed E-state index contributed by atoms with van der Waals surface area (Å²) in [7, 11) is 0. The molecule has 1 aliphatic heterocycles. The predicted molar refractivity (Wildman–Crippen MR) is 76.6 cm³/mol. The van der Waals surface area contributed by atoms with Gasteiger partial charge in [-0.3, -0.25) is 0 Å². The Kier molecular flexibility index (Phi) is 3.44. The van der Waals surface area contributed by atoms with Gasteiger partial charge in [0.25, 0.3) is 0 Å². The number of anilines is 2. The molecule has 2 aromatic heterocycles. The van der Waals surface area contributed by atoms with Gasteiger partial charge in [-0.1, -0.05) is 23.4 Å². The zero-order valence-corrected chi connectivity index (χ0v) is 11.7. The van der Waals surface area contributed by atoms with Crippen LogP contribution in [0.5, 0.6) is 0 Å². The van der Waals surface area contributed by atoms with Crippen LogP contribution in [0.1, 0.15) is 6.42 Å². The lowest BCUT2D eigenvalue weighted by Gasteiger charge is -2.32. The summed E-state index contributed by atoms with van der Waals surface area (Å²) in [6.45, 7) is 2.02. The maximum absolute atomic E-state index is 6.40. The summed E-state index contributed by atoms with van der Waals surface area (Å²) in [6.07, 6.45) is 6.13. The molecule has 1 aliphatic rings. The lowest BCUT2D eigenvalue weighted by molar-refractivity contribution is 0.609. The van der Waals surface area contributed by atoms with E-state index in [1.165, 1.54) is 18.2 Å². The van der Waals surface area contributed by atoms with Gasteiger partial charge < -0.3 is 10.6 Å². The summed E-state index contributed by atoms with van der Waals surface area (Å²) in [5, 5.41) is 1.31. The number of rotatable bonds is 3. The highest BCUT2D eigenvalue weighted by Crippen LogP contribution is 2.38. The summed E-state index contributed by atoms with van der Waals surface area (Å²) in [5.74, 6) is 1.24. The smallest absolute Gasteiger partial charge is 0.156 e. The third-order valence-corrected chi connectivity index (χ3v) is 4.44. The zero-order chi connectivity index (χ0) is 13.2. The van der Waals surface area contributed by atoms with Crippen molar-refractivity contribution in [1.29, 1.82) is 0 Å². The highest BCUT2D eigenvalue weighted by Gasteiger charge is 2.20. The third-order valence-electron chi connectivity index (χ3n) is 2.89. The summed E-state index contributed by atoms with van der Waals surface area (Å²) in [5.41, 5.74) is 5.79. The average Bonchev–Trinajstić information content (AvgIpc) is 2.35. The zero-order valence-electron chi connectivity index (χ0n) is 10.1. The number of nitrogen functional groups attached to an aromatic ring is 1. The first-order chi connectivity index (χ1) is 9.25. The first kappa shape index (κ1) is 12.5. The van der Waals surface area contributed by atoms with E-state index in [9.17, 15) is 0 Å². The molecule has 7 heteroatoms. The molecule has 5 nitrogen and oxygen atoms in total. The molecule has 0 amide bonds. The lowest BCUT2D eigenvalue weighted by atomic mass is 10.2. The molecular formula is C12H12ClN5S. The van der Waals surface area contributed by atoms with E-state index in [0.717, 1.165) is 23.8 Å². The molecule has 1 saturated heterocycles. The van der Waals surface area contributed by atoms with Crippen molar-refractivity contribution in [3.05, 3.63) is 29.7 Å². The van der Waals surface area contributed by atoms with Crippen LogP contribution in [0.3, 0.4) is 0 Å². The number of aromatic nitrogens is 3. The van der Waals surface area contributed by atoms with E-state index in [0.29, 0.717) is 15.9 Å². The standard InChI is InChI=1S/C12H12ClN5S/c13-9-8(19-12-10(14)15-4-5-17-12)2-3-16-11(9)18-6-1-7-18/h2-5H,1,6-7H2,(H2,14,15). The Morgan fingerprint density at radius 1 is 1.16 bits per heavy atom. The molecule has 0 radical (unpaired) electrons. The maximum atomic E-state index is 6.40. The van der Waals surface area contributed by atoms with Crippen LogP contribution in [-0.4, -0.2) is 28.0 Å². The number of halogens is 1. The van der Waals surface area contributed by atoms with Gasteiger partial charge in [-0.25, -0.2) is 15.0 Å². The average molecular weight is 294 g/mol. The van der Waals surface area contributed by atoms with Crippen LogP contribution in [-0.2, 0) is 0 Å². The first-order valence-corrected chi connectivity index (χ1v) is 7.09. The molecule has 0 spiro atoms. The monoisotopic (exact) mass is 293 g/mol. The van der Waals surface area contributed by atoms with Crippen LogP contribution in [0, 0.1) is 0 Å². The predicted octanol–water partition coefficient (Wildman–Crippen LogP) is 2.47. The molecule has 0 saturated carbocycles. The molecule has 0 bridgehead atoms. The molecule has 2 N–H and O–H groups in total. The summed E-state index contributed by atoms with van der Waals surface area (Å²) in [4.78, 5) is 15.6. The Morgan fingerprint density at radius 2 is 1.95 bits per heavy atom. The molecule has 3 rings (SSSR count). The second kappa shape index (κ2) is 5.22. The van der Waals surface area contributed by atoms with E-state index in [2.05, 4.69) is 19.9 Å². The van der Waals surface area contributed by atoms with E-state index in [1.807, 2.05) is 6.07 Å².